The van der Waals surface area contributed by atoms with Crippen molar-refractivity contribution in [3.05, 3.63) is 7.43 Å². The molecule has 0 spiro atoms. The Morgan fingerprint density at radius 1 is 1.12 bits per heavy atom. The first kappa shape index (κ1) is 16.1. The molecule has 41 valence electrons. The Bertz CT molecular complexity index is 72.1. The van der Waals surface area contributed by atoms with Crippen molar-refractivity contribution in [1.29, 1.82) is 0 Å². The molecule has 1 heterocycles. The summed E-state index contributed by atoms with van der Waals surface area (Å²) in [7, 11) is 0. The summed E-state index contributed by atoms with van der Waals surface area (Å²) < 4.78 is 0. The average Bonchev–Trinajstić information content (AvgIpc) is 1.76. The third-order valence-electron chi connectivity index (χ3n) is 0.350. The second kappa shape index (κ2) is 11.0. The fourth-order valence-electron chi connectivity index (χ4n) is 0.177. The van der Waals surface area contributed by atoms with E-state index in [2.05, 4.69) is 22.6 Å². The predicted molar refractivity (Wildman–Crippen MR) is 25.9 cm³/mol. The Kier molecular flexibility index (Phi) is 22.1. The normalized spacial score (nSPS) is 11.0. The van der Waals surface area contributed by atoms with Gasteiger partial charge in [0.2, 0.25) is 0 Å². The maximum absolute atomic E-state index is 3.35. The number of hydrogen-bond donors (Lipinski definition) is 0. The zero-order valence-corrected chi connectivity index (χ0v) is 10.4. The SMILES string of the molecule is [C-]1=NN=[C-]C1.[CH3-].[W+2].[Y]. The standard InChI is InChI=1S/C3H2N2.CH3.W.Y/c1-2-4-5-3-1;;;/h1H2;1H3;;/q-2;-1;+2;. The molecule has 0 amide bonds. The van der Waals surface area contributed by atoms with Gasteiger partial charge in [-0.05, 0) is 0 Å². The largest absolute Gasteiger partial charge is 2.00 e. The third kappa shape index (κ3) is 7.13. The first-order valence-electron chi connectivity index (χ1n) is 1.35. The van der Waals surface area contributed by atoms with Crippen LogP contribution in [0.25, 0.3) is 0 Å². The fourth-order valence-corrected chi connectivity index (χ4v) is 0.177. The summed E-state index contributed by atoms with van der Waals surface area (Å²) in [6, 6.07) is 0. The summed E-state index contributed by atoms with van der Waals surface area (Å²) in [6.45, 7) is 0. The summed E-state index contributed by atoms with van der Waals surface area (Å²) in [6.07, 6.45) is 5.81. The van der Waals surface area contributed by atoms with Gasteiger partial charge < -0.3 is 30.1 Å². The average molecular weight is 354 g/mol. The molecule has 0 aromatic heterocycles. The Hall–Kier alpha value is 1.13. The summed E-state index contributed by atoms with van der Waals surface area (Å²) >= 11 is 0. The van der Waals surface area contributed by atoms with Crippen LogP contribution in [0.3, 0.4) is 0 Å². The van der Waals surface area contributed by atoms with Crippen LogP contribution in [0.1, 0.15) is 6.42 Å². The van der Waals surface area contributed by atoms with E-state index in [4.69, 9.17) is 0 Å². The molecule has 0 bridgehead atoms. The number of hydrogen-bond acceptors (Lipinski definition) is 2. The van der Waals surface area contributed by atoms with Crippen molar-refractivity contribution in [2.45, 2.75) is 6.42 Å². The topological polar surface area (TPSA) is 24.7 Å². The minimum atomic E-state index is 0. The van der Waals surface area contributed by atoms with Crippen LogP contribution in [-0.4, -0.2) is 12.4 Å². The molecular weight excluding hydrogens is 349 g/mol. The molecule has 8 heavy (non-hydrogen) atoms. The zero-order valence-electron chi connectivity index (χ0n) is 4.59. The molecule has 0 fully saturated rings. The van der Waals surface area contributed by atoms with Gasteiger partial charge in [0, 0.05) is 32.7 Å². The van der Waals surface area contributed by atoms with E-state index in [9.17, 15) is 0 Å². The quantitative estimate of drug-likeness (QED) is 0.571. The molecule has 0 unspecified atom stereocenters. The Morgan fingerprint density at radius 3 is 1.62 bits per heavy atom. The first-order chi connectivity index (χ1) is 2.50. The predicted octanol–water partition coefficient (Wildman–Crippen LogP) is 0.646. The van der Waals surface area contributed by atoms with Gasteiger partial charge >= 0.3 is 21.1 Å². The Labute approximate surface area is 89.4 Å². The Balaban J connectivity index is -0.0000000833. The molecule has 0 N–H and O–H groups in total. The van der Waals surface area contributed by atoms with Gasteiger partial charge in [-0.1, -0.05) is 0 Å². The maximum Gasteiger partial charge on any atom is 2.00 e. The van der Waals surface area contributed by atoms with E-state index in [-0.39, 0.29) is 61.2 Å². The summed E-state index contributed by atoms with van der Waals surface area (Å²) in [5.74, 6) is 0. The van der Waals surface area contributed by atoms with Crippen LogP contribution in [0, 0.1) is 7.43 Å². The second-order valence-electron chi connectivity index (χ2n) is 0.693. The minimum Gasteiger partial charge on any atom is -0.416 e. The van der Waals surface area contributed by atoms with Crippen LogP contribution in [-0.2, 0) is 53.8 Å². The van der Waals surface area contributed by atoms with E-state index in [1.54, 1.807) is 0 Å². The van der Waals surface area contributed by atoms with Crippen LogP contribution < -0.4 is 0 Å². The zero-order chi connectivity index (χ0) is 3.54. The van der Waals surface area contributed by atoms with Crippen LogP contribution in [0.5, 0.6) is 0 Å². The van der Waals surface area contributed by atoms with Crippen LogP contribution in [0.15, 0.2) is 10.2 Å². The molecule has 0 aromatic carbocycles. The van der Waals surface area contributed by atoms with Crippen LogP contribution in [0.4, 0.5) is 0 Å². The second-order valence-corrected chi connectivity index (χ2v) is 0.693. The summed E-state index contributed by atoms with van der Waals surface area (Å²) in [4.78, 5) is 0. The Morgan fingerprint density at radius 2 is 1.50 bits per heavy atom. The van der Waals surface area contributed by atoms with Gasteiger partial charge in [-0.3, -0.25) is 6.42 Å². The molecule has 0 aromatic rings. The first-order valence-corrected chi connectivity index (χ1v) is 1.35. The molecule has 1 rings (SSSR count). The van der Waals surface area contributed by atoms with Crippen LogP contribution >= 0.6 is 0 Å². The summed E-state index contributed by atoms with van der Waals surface area (Å²) in [5, 5.41) is 6.69. The van der Waals surface area contributed by atoms with E-state index in [0.29, 0.717) is 6.42 Å². The van der Waals surface area contributed by atoms with Gasteiger partial charge in [0.25, 0.3) is 0 Å². The van der Waals surface area contributed by atoms with Gasteiger partial charge in [-0.25, -0.2) is 0 Å². The van der Waals surface area contributed by atoms with Crippen molar-refractivity contribution in [2.75, 3.05) is 0 Å². The van der Waals surface area contributed by atoms with E-state index in [1.807, 2.05) is 0 Å². The molecule has 4 heteroatoms. The molecule has 2 nitrogen and oxygen atoms in total. The third-order valence-corrected chi connectivity index (χ3v) is 0.350. The molecule has 0 saturated carbocycles. The van der Waals surface area contributed by atoms with Gasteiger partial charge in [0.15, 0.2) is 0 Å². The van der Waals surface area contributed by atoms with Crippen molar-refractivity contribution < 1.29 is 53.8 Å². The molecular formula is C4H5N2WY-. The van der Waals surface area contributed by atoms with Crippen molar-refractivity contribution in [3.8, 4) is 0 Å². The number of rotatable bonds is 0. The van der Waals surface area contributed by atoms with Gasteiger partial charge in [-0.15, -0.1) is 0 Å². The number of nitrogens with zero attached hydrogens (tertiary/aromatic N) is 2. The van der Waals surface area contributed by atoms with E-state index >= 15 is 0 Å². The smallest absolute Gasteiger partial charge is 0.416 e. The van der Waals surface area contributed by atoms with E-state index in [0.717, 1.165) is 0 Å². The fraction of sp³-hybridized carbons (Fsp3) is 0.250. The van der Waals surface area contributed by atoms with Gasteiger partial charge in [-0.2, -0.15) is 0 Å². The van der Waals surface area contributed by atoms with Crippen molar-refractivity contribution in [3.63, 3.8) is 0 Å². The molecule has 0 aliphatic carbocycles. The van der Waals surface area contributed by atoms with Gasteiger partial charge in [0.05, 0.1) is 0 Å². The van der Waals surface area contributed by atoms with E-state index in [1.165, 1.54) is 0 Å². The van der Waals surface area contributed by atoms with Crippen molar-refractivity contribution in [2.24, 2.45) is 10.2 Å². The van der Waals surface area contributed by atoms with Crippen LogP contribution in [0.2, 0.25) is 0 Å². The molecule has 1 radical (unpaired) electrons. The van der Waals surface area contributed by atoms with Crippen molar-refractivity contribution >= 4 is 12.4 Å². The maximum atomic E-state index is 3.35. The van der Waals surface area contributed by atoms with E-state index < -0.39 is 0 Å². The molecule has 1 aliphatic heterocycles. The van der Waals surface area contributed by atoms with Gasteiger partial charge in [0.1, 0.15) is 0 Å². The molecule has 1 aliphatic rings. The minimum absolute atomic E-state index is 0. The molecule has 0 saturated heterocycles. The van der Waals surface area contributed by atoms with Crippen molar-refractivity contribution in [1.82, 2.24) is 0 Å². The molecule has 0 atom stereocenters. The monoisotopic (exact) mass is 354 g/mol. The summed E-state index contributed by atoms with van der Waals surface area (Å²) in [5.41, 5.74) is 0.